The first-order valence-electron chi connectivity index (χ1n) is 5.77. The summed E-state index contributed by atoms with van der Waals surface area (Å²) in [5.74, 6) is 0.611. The van der Waals surface area contributed by atoms with Crippen LogP contribution in [0.4, 0.5) is 0 Å². The van der Waals surface area contributed by atoms with Crippen LogP contribution in [-0.2, 0) is 0 Å². The summed E-state index contributed by atoms with van der Waals surface area (Å²) < 4.78 is 2.11. The maximum absolute atomic E-state index is 12.1. The zero-order chi connectivity index (χ0) is 13.1. The van der Waals surface area contributed by atoms with Gasteiger partial charge in [-0.15, -0.1) is 11.3 Å². The van der Waals surface area contributed by atoms with E-state index in [1.165, 1.54) is 0 Å². The van der Waals surface area contributed by atoms with Crippen molar-refractivity contribution in [1.82, 2.24) is 9.88 Å². The molecule has 0 saturated heterocycles. The van der Waals surface area contributed by atoms with Crippen LogP contribution in [0, 0.1) is 13.8 Å². The largest absolute Gasteiger partial charge is 0.351 e. The Morgan fingerprint density at radius 2 is 2.00 bits per heavy atom. The third kappa shape index (κ3) is 2.47. The highest BCUT2D eigenvalue weighted by molar-refractivity contribution is 7.80. The molecule has 0 bridgehead atoms. The van der Waals surface area contributed by atoms with Gasteiger partial charge in [0.05, 0.1) is 5.56 Å². The molecule has 1 N–H and O–H groups in total. The molecule has 2 aromatic rings. The molecule has 1 amide bonds. The normalized spacial score (nSPS) is 10.6. The van der Waals surface area contributed by atoms with Gasteiger partial charge >= 0.3 is 0 Å². The van der Waals surface area contributed by atoms with Crippen molar-refractivity contribution < 1.29 is 4.79 Å². The van der Waals surface area contributed by atoms with Crippen molar-refractivity contribution in [3.05, 3.63) is 40.5 Å². The number of rotatable bonds is 4. The van der Waals surface area contributed by atoms with Gasteiger partial charge < -0.3 is 9.88 Å². The second-order valence-corrected chi connectivity index (χ2v) is 5.41. The zero-order valence-corrected chi connectivity index (χ0v) is 12.1. The smallest absolute Gasteiger partial charge is 0.254 e. The fourth-order valence-corrected chi connectivity index (χ4v) is 3.03. The number of thiol groups is 1. The van der Waals surface area contributed by atoms with E-state index in [0.29, 0.717) is 12.3 Å². The molecule has 0 unspecified atom stereocenters. The summed E-state index contributed by atoms with van der Waals surface area (Å²) in [5.41, 5.74) is 3.00. The van der Waals surface area contributed by atoms with Crippen LogP contribution in [0.15, 0.2) is 23.6 Å². The molecular formula is C13H16N2OS2. The summed E-state index contributed by atoms with van der Waals surface area (Å²) in [6.45, 7) is 4.67. The standard InChI is InChI=1S/C13H16N2OS2/c1-9-3-4-10(2)15(9)13-11(5-8-18-13)12(16)14-6-7-17/h3-5,8,17H,6-7H2,1-2H3,(H,14,16). The minimum atomic E-state index is -0.0344. The molecule has 2 rings (SSSR count). The third-order valence-electron chi connectivity index (χ3n) is 2.76. The number of hydrogen-bond acceptors (Lipinski definition) is 3. The van der Waals surface area contributed by atoms with Crippen LogP contribution in [0.5, 0.6) is 0 Å². The lowest BCUT2D eigenvalue weighted by Crippen LogP contribution is -2.25. The summed E-state index contributed by atoms with van der Waals surface area (Å²) in [6.07, 6.45) is 0. The molecule has 5 heteroatoms. The van der Waals surface area contributed by atoms with E-state index in [2.05, 4.69) is 34.6 Å². The second kappa shape index (κ2) is 5.63. The number of nitrogens with one attached hydrogen (secondary N) is 1. The second-order valence-electron chi connectivity index (χ2n) is 4.07. The molecule has 96 valence electrons. The van der Waals surface area contributed by atoms with Gasteiger partial charge in [-0.05, 0) is 37.4 Å². The molecule has 0 fully saturated rings. The van der Waals surface area contributed by atoms with Gasteiger partial charge in [0.15, 0.2) is 0 Å². The van der Waals surface area contributed by atoms with Crippen molar-refractivity contribution in [3.8, 4) is 5.00 Å². The molecule has 0 saturated carbocycles. The lowest BCUT2D eigenvalue weighted by molar-refractivity contribution is 0.0956. The molecule has 0 radical (unpaired) electrons. The first-order valence-corrected chi connectivity index (χ1v) is 7.28. The number of carbonyl (C=O) groups is 1. The van der Waals surface area contributed by atoms with E-state index < -0.39 is 0 Å². The number of hydrogen-bond donors (Lipinski definition) is 2. The Bertz CT molecular complexity index is 538. The lowest BCUT2D eigenvalue weighted by Gasteiger charge is -2.10. The summed E-state index contributed by atoms with van der Waals surface area (Å²) in [4.78, 5) is 12.1. The summed E-state index contributed by atoms with van der Waals surface area (Å²) in [6, 6.07) is 5.99. The molecule has 0 aromatic carbocycles. The van der Waals surface area contributed by atoms with E-state index in [1.807, 2.05) is 25.3 Å². The Morgan fingerprint density at radius 3 is 2.61 bits per heavy atom. The minimum absolute atomic E-state index is 0.0344. The van der Waals surface area contributed by atoms with Gasteiger partial charge in [-0.2, -0.15) is 12.6 Å². The molecule has 3 nitrogen and oxygen atoms in total. The number of aryl methyl sites for hydroxylation is 2. The lowest BCUT2D eigenvalue weighted by atomic mass is 10.3. The van der Waals surface area contributed by atoms with Gasteiger partial charge in [0.2, 0.25) is 0 Å². The number of nitrogens with zero attached hydrogens (tertiary/aromatic N) is 1. The summed E-state index contributed by atoms with van der Waals surface area (Å²) >= 11 is 5.67. The average molecular weight is 280 g/mol. The Kier molecular flexibility index (Phi) is 4.14. The van der Waals surface area contributed by atoms with E-state index in [1.54, 1.807) is 11.3 Å². The molecule has 0 aliphatic carbocycles. The molecule has 0 aliphatic rings. The van der Waals surface area contributed by atoms with E-state index >= 15 is 0 Å². The Morgan fingerprint density at radius 1 is 1.33 bits per heavy atom. The van der Waals surface area contributed by atoms with Gasteiger partial charge in [0.25, 0.3) is 5.91 Å². The Hall–Kier alpha value is -1.20. The van der Waals surface area contributed by atoms with Crippen molar-refractivity contribution in [3.63, 3.8) is 0 Å². The molecule has 18 heavy (non-hydrogen) atoms. The molecule has 0 atom stereocenters. The molecular weight excluding hydrogens is 264 g/mol. The Balaban J connectivity index is 2.36. The van der Waals surface area contributed by atoms with Crippen molar-refractivity contribution in [2.24, 2.45) is 0 Å². The fraction of sp³-hybridized carbons (Fsp3) is 0.308. The van der Waals surface area contributed by atoms with Crippen LogP contribution in [0.2, 0.25) is 0 Å². The number of amides is 1. The van der Waals surface area contributed by atoms with Crippen LogP contribution in [0.1, 0.15) is 21.7 Å². The van der Waals surface area contributed by atoms with E-state index in [-0.39, 0.29) is 5.91 Å². The highest BCUT2D eigenvalue weighted by atomic mass is 32.1. The van der Waals surface area contributed by atoms with Crippen molar-refractivity contribution in [2.45, 2.75) is 13.8 Å². The fourth-order valence-electron chi connectivity index (χ4n) is 1.90. The topological polar surface area (TPSA) is 34.0 Å². The third-order valence-corrected chi connectivity index (χ3v) is 3.88. The molecule has 2 heterocycles. The van der Waals surface area contributed by atoms with Crippen LogP contribution >= 0.6 is 24.0 Å². The van der Waals surface area contributed by atoms with E-state index in [0.717, 1.165) is 22.0 Å². The SMILES string of the molecule is Cc1ccc(C)n1-c1sccc1C(=O)NCCS. The van der Waals surface area contributed by atoms with Crippen molar-refractivity contribution in [1.29, 1.82) is 0 Å². The highest BCUT2D eigenvalue weighted by Crippen LogP contribution is 2.25. The predicted octanol–water partition coefficient (Wildman–Crippen LogP) is 2.82. The minimum Gasteiger partial charge on any atom is -0.351 e. The predicted molar refractivity (Wildman–Crippen MR) is 79.3 cm³/mol. The van der Waals surface area contributed by atoms with Crippen molar-refractivity contribution in [2.75, 3.05) is 12.3 Å². The van der Waals surface area contributed by atoms with Gasteiger partial charge in [-0.25, -0.2) is 0 Å². The van der Waals surface area contributed by atoms with Crippen LogP contribution in [0.25, 0.3) is 5.00 Å². The van der Waals surface area contributed by atoms with Gasteiger partial charge in [0.1, 0.15) is 5.00 Å². The molecule has 0 aliphatic heterocycles. The van der Waals surface area contributed by atoms with E-state index in [4.69, 9.17) is 0 Å². The molecule has 0 spiro atoms. The quantitative estimate of drug-likeness (QED) is 0.830. The monoisotopic (exact) mass is 280 g/mol. The number of carbonyl (C=O) groups excluding carboxylic acids is 1. The zero-order valence-electron chi connectivity index (χ0n) is 10.4. The van der Waals surface area contributed by atoms with Crippen LogP contribution < -0.4 is 5.32 Å². The molecule has 2 aromatic heterocycles. The van der Waals surface area contributed by atoms with Crippen molar-refractivity contribution >= 4 is 29.9 Å². The van der Waals surface area contributed by atoms with E-state index in [9.17, 15) is 4.79 Å². The highest BCUT2D eigenvalue weighted by Gasteiger charge is 2.15. The first kappa shape index (κ1) is 13.2. The number of thiophene rings is 1. The average Bonchev–Trinajstić information content (AvgIpc) is 2.93. The van der Waals surface area contributed by atoms with Crippen LogP contribution in [0.3, 0.4) is 0 Å². The summed E-state index contributed by atoms with van der Waals surface area (Å²) in [5, 5.41) is 5.78. The maximum atomic E-state index is 12.1. The van der Waals surface area contributed by atoms with Gasteiger partial charge in [0, 0.05) is 23.7 Å². The summed E-state index contributed by atoms with van der Waals surface area (Å²) in [7, 11) is 0. The number of aromatic nitrogens is 1. The first-order chi connectivity index (χ1) is 8.65. The maximum Gasteiger partial charge on any atom is 0.254 e. The Labute approximate surface area is 116 Å². The van der Waals surface area contributed by atoms with Gasteiger partial charge in [-0.3, -0.25) is 4.79 Å². The van der Waals surface area contributed by atoms with Crippen LogP contribution in [-0.4, -0.2) is 22.8 Å². The van der Waals surface area contributed by atoms with Gasteiger partial charge in [-0.1, -0.05) is 0 Å².